The number of likely N-dealkylation sites (tertiary alicyclic amines) is 1. The first-order valence-corrected chi connectivity index (χ1v) is 6.29. The fourth-order valence-electron chi connectivity index (χ4n) is 2.49. The van der Waals surface area contributed by atoms with Gasteiger partial charge in [0.2, 0.25) is 0 Å². The minimum Gasteiger partial charge on any atom is -0.497 e. The first-order chi connectivity index (χ1) is 8.20. The molecule has 17 heavy (non-hydrogen) atoms. The normalized spacial score (nSPS) is 20.2. The predicted octanol–water partition coefficient (Wildman–Crippen LogP) is 2.04. The van der Waals surface area contributed by atoms with Gasteiger partial charge < -0.3 is 15.4 Å². The molecule has 1 fully saturated rings. The molecule has 0 aromatic heterocycles. The Morgan fingerprint density at radius 1 is 1.24 bits per heavy atom. The molecule has 3 heteroatoms. The molecule has 1 saturated heterocycles. The van der Waals surface area contributed by atoms with Crippen molar-refractivity contribution in [2.24, 2.45) is 11.7 Å². The highest BCUT2D eigenvalue weighted by Gasteiger charge is 2.23. The lowest BCUT2D eigenvalue weighted by molar-refractivity contribution is 0.199. The molecule has 1 heterocycles. The molecule has 1 unspecified atom stereocenters. The number of hydrogen-bond acceptors (Lipinski definition) is 3. The van der Waals surface area contributed by atoms with Crippen molar-refractivity contribution in [3.05, 3.63) is 29.8 Å². The molecule has 2 rings (SSSR count). The fraction of sp³-hybridized carbons (Fsp3) is 0.571. The minimum absolute atomic E-state index is 0.162. The molecular weight excluding hydrogens is 212 g/mol. The summed E-state index contributed by atoms with van der Waals surface area (Å²) in [5, 5.41) is 0. The van der Waals surface area contributed by atoms with E-state index in [0.717, 1.165) is 18.8 Å². The Bertz CT molecular complexity index is 342. The molecule has 2 N–H and O–H groups in total. The van der Waals surface area contributed by atoms with Crippen LogP contribution in [0.4, 0.5) is 0 Å². The van der Waals surface area contributed by atoms with E-state index in [0.29, 0.717) is 5.92 Å². The molecule has 1 aliphatic heterocycles. The van der Waals surface area contributed by atoms with Crippen molar-refractivity contribution in [1.82, 2.24) is 4.90 Å². The van der Waals surface area contributed by atoms with Crippen molar-refractivity contribution in [2.75, 3.05) is 27.2 Å². The maximum Gasteiger partial charge on any atom is 0.118 e. The van der Waals surface area contributed by atoms with Gasteiger partial charge in [-0.2, -0.15) is 0 Å². The highest BCUT2D eigenvalue weighted by molar-refractivity contribution is 5.29. The van der Waals surface area contributed by atoms with E-state index in [-0.39, 0.29) is 6.04 Å². The molecule has 0 radical (unpaired) electrons. The third-order valence-electron chi connectivity index (χ3n) is 3.77. The van der Waals surface area contributed by atoms with E-state index in [2.05, 4.69) is 24.1 Å². The van der Waals surface area contributed by atoms with Gasteiger partial charge in [-0.05, 0) is 56.6 Å². The average molecular weight is 234 g/mol. The van der Waals surface area contributed by atoms with E-state index in [1.165, 1.54) is 18.4 Å². The van der Waals surface area contributed by atoms with Crippen molar-refractivity contribution in [1.29, 1.82) is 0 Å². The van der Waals surface area contributed by atoms with Crippen molar-refractivity contribution < 1.29 is 4.74 Å². The SMILES string of the molecule is COc1ccc(C(N)C2CCN(C)CC2)cc1. The lowest BCUT2D eigenvalue weighted by Crippen LogP contribution is -2.35. The molecule has 1 aromatic carbocycles. The van der Waals surface area contributed by atoms with Gasteiger partial charge >= 0.3 is 0 Å². The molecule has 1 aliphatic rings. The van der Waals surface area contributed by atoms with E-state index in [4.69, 9.17) is 10.5 Å². The summed E-state index contributed by atoms with van der Waals surface area (Å²) in [6, 6.07) is 8.31. The van der Waals surface area contributed by atoms with Gasteiger partial charge in [-0.3, -0.25) is 0 Å². The van der Waals surface area contributed by atoms with Gasteiger partial charge in [0.1, 0.15) is 5.75 Å². The Balaban J connectivity index is 2.00. The van der Waals surface area contributed by atoms with E-state index in [1.54, 1.807) is 7.11 Å². The lowest BCUT2D eigenvalue weighted by atomic mass is 9.86. The summed E-state index contributed by atoms with van der Waals surface area (Å²) in [6.45, 7) is 2.32. The molecule has 0 spiro atoms. The lowest BCUT2D eigenvalue weighted by Gasteiger charge is -2.32. The number of rotatable bonds is 3. The Morgan fingerprint density at radius 2 is 1.82 bits per heavy atom. The summed E-state index contributed by atoms with van der Waals surface area (Å²) in [4.78, 5) is 2.37. The zero-order valence-corrected chi connectivity index (χ0v) is 10.7. The topological polar surface area (TPSA) is 38.5 Å². The highest BCUT2D eigenvalue weighted by Crippen LogP contribution is 2.29. The van der Waals surface area contributed by atoms with Crippen LogP contribution in [0.5, 0.6) is 5.75 Å². The van der Waals surface area contributed by atoms with Crippen molar-refractivity contribution in [3.8, 4) is 5.75 Å². The second-order valence-electron chi connectivity index (χ2n) is 4.94. The van der Waals surface area contributed by atoms with Crippen molar-refractivity contribution in [2.45, 2.75) is 18.9 Å². The van der Waals surface area contributed by atoms with Crippen LogP contribution >= 0.6 is 0 Å². The van der Waals surface area contributed by atoms with Gasteiger partial charge in [0, 0.05) is 6.04 Å². The Morgan fingerprint density at radius 3 is 2.35 bits per heavy atom. The molecule has 0 aliphatic carbocycles. The second-order valence-corrected chi connectivity index (χ2v) is 4.94. The number of nitrogens with zero attached hydrogens (tertiary/aromatic N) is 1. The molecule has 3 nitrogen and oxygen atoms in total. The van der Waals surface area contributed by atoms with Crippen LogP contribution < -0.4 is 10.5 Å². The Labute approximate surface area is 104 Å². The smallest absolute Gasteiger partial charge is 0.118 e. The molecule has 1 atom stereocenters. The van der Waals surface area contributed by atoms with Crippen LogP contribution in [0.25, 0.3) is 0 Å². The summed E-state index contributed by atoms with van der Waals surface area (Å²) in [5.74, 6) is 1.50. The van der Waals surface area contributed by atoms with Crippen LogP contribution in [-0.4, -0.2) is 32.1 Å². The predicted molar refractivity (Wildman–Crippen MR) is 70.1 cm³/mol. The molecule has 0 saturated carbocycles. The van der Waals surface area contributed by atoms with Crippen LogP contribution in [0.2, 0.25) is 0 Å². The molecule has 94 valence electrons. The quantitative estimate of drug-likeness (QED) is 0.869. The third kappa shape index (κ3) is 2.99. The van der Waals surface area contributed by atoms with Crippen molar-refractivity contribution in [3.63, 3.8) is 0 Å². The molecular formula is C14H22N2O. The number of hydrogen-bond donors (Lipinski definition) is 1. The zero-order chi connectivity index (χ0) is 12.3. The summed E-state index contributed by atoms with van der Waals surface area (Å²) >= 11 is 0. The largest absolute Gasteiger partial charge is 0.497 e. The maximum absolute atomic E-state index is 6.35. The van der Waals surface area contributed by atoms with E-state index >= 15 is 0 Å². The van der Waals surface area contributed by atoms with Crippen molar-refractivity contribution >= 4 is 0 Å². The number of piperidine rings is 1. The minimum atomic E-state index is 0.162. The van der Waals surface area contributed by atoms with E-state index in [1.807, 2.05) is 12.1 Å². The van der Waals surface area contributed by atoms with E-state index in [9.17, 15) is 0 Å². The maximum atomic E-state index is 6.35. The number of benzene rings is 1. The molecule has 1 aromatic rings. The third-order valence-corrected chi connectivity index (χ3v) is 3.77. The monoisotopic (exact) mass is 234 g/mol. The average Bonchev–Trinajstić information content (AvgIpc) is 2.39. The van der Waals surface area contributed by atoms with Crippen LogP contribution in [0.3, 0.4) is 0 Å². The van der Waals surface area contributed by atoms with Gasteiger partial charge in [0.05, 0.1) is 7.11 Å². The molecule has 0 bridgehead atoms. The summed E-state index contributed by atoms with van der Waals surface area (Å²) in [5.41, 5.74) is 7.57. The van der Waals surface area contributed by atoms with E-state index < -0.39 is 0 Å². The highest BCUT2D eigenvalue weighted by atomic mass is 16.5. The van der Waals surface area contributed by atoms with Crippen LogP contribution in [0.1, 0.15) is 24.4 Å². The van der Waals surface area contributed by atoms with Gasteiger partial charge in [0.25, 0.3) is 0 Å². The number of ether oxygens (including phenoxy) is 1. The first kappa shape index (κ1) is 12.4. The van der Waals surface area contributed by atoms with Gasteiger partial charge in [0.15, 0.2) is 0 Å². The summed E-state index contributed by atoms with van der Waals surface area (Å²) < 4.78 is 5.16. The Kier molecular flexibility index (Phi) is 4.02. The Hall–Kier alpha value is -1.06. The van der Waals surface area contributed by atoms with Gasteiger partial charge in [-0.15, -0.1) is 0 Å². The first-order valence-electron chi connectivity index (χ1n) is 6.29. The number of nitrogens with two attached hydrogens (primary N) is 1. The van der Waals surface area contributed by atoms with Crippen LogP contribution in [-0.2, 0) is 0 Å². The second kappa shape index (κ2) is 5.52. The van der Waals surface area contributed by atoms with Crippen LogP contribution in [0.15, 0.2) is 24.3 Å². The van der Waals surface area contributed by atoms with Gasteiger partial charge in [-0.1, -0.05) is 12.1 Å². The summed E-state index contributed by atoms with van der Waals surface area (Å²) in [6.07, 6.45) is 2.40. The summed E-state index contributed by atoms with van der Waals surface area (Å²) in [7, 11) is 3.86. The molecule has 0 amide bonds. The standard InChI is InChI=1S/C14H22N2O/c1-16-9-7-12(8-10-16)14(15)11-3-5-13(17-2)6-4-11/h3-6,12,14H,7-10,15H2,1-2H3. The van der Waals surface area contributed by atoms with Gasteiger partial charge in [-0.25, -0.2) is 0 Å². The zero-order valence-electron chi connectivity index (χ0n) is 10.7. The number of methoxy groups -OCH3 is 1. The van der Waals surface area contributed by atoms with Crippen LogP contribution in [0, 0.1) is 5.92 Å². The fourth-order valence-corrected chi connectivity index (χ4v) is 2.49.